The Morgan fingerprint density at radius 2 is 1.65 bits per heavy atom. The van der Waals surface area contributed by atoms with Crippen LogP contribution in [0.1, 0.15) is 29.3 Å². The SMILES string of the molecule is CCCNC(=O)c1ccc(CNS(=O)(=O)c2ccccc2)cc1. The Bertz CT molecular complexity index is 741. The van der Waals surface area contributed by atoms with Crippen LogP contribution in [-0.2, 0) is 16.6 Å². The van der Waals surface area contributed by atoms with Crippen molar-refractivity contribution in [1.82, 2.24) is 10.0 Å². The molecular formula is C17H20N2O3S. The van der Waals surface area contributed by atoms with Crippen LogP contribution in [0.2, 0.25) is 0 Å². The maximum atomic E-state index is 12.1. The molecule has 2 N–H and O–H groups in total. The van der Waals surface area contributed by atoms with Crippen LogP contribution in [0.4, 0.5) is 0 Å². The predicted octanol–water partition coefficient (Wildman–Crippen LogP) is 2.30. The van der Waals surface area contributed by atoms with Crippen molar-refractivity contribution in [2.24, 2.45) is 0 Å². The van der Waals surface area contributed by atoms with Crippen molar-refractivity contribution in [3.8, 4) is 0 Å². The number of nitrogens with one attached hydrogen (secondary N) is 2. The Morgan fingerprint density at radius 1 is 1.00 bits per heavy atom. The number of hydrogen-bond donors (Lipinski definition) is 2. The molecule has 0 aromatic heterocycles. The fourth-order valence-corrected chi connectivity index (χ4v) is 3.01. The summed E-state index contributed by atoms with van der Waals surface area (Å²) in [6, 6.07) is 15.1. The average molecular weight is 332 g/mol. The first-order valence-electron chi connectivity index (χ1n) is 7.45. The maximum Gasteiger partial charge on any atom is 0.251 e. The Kier molecular flexibility index (Phi) is 5.90. The van der Waals surface area contributed by atoms with Gasteiger partial charge in [0, 0.05) is 18.7 Å². The van der Waals surface area contributed by atoms with Gasteiger partial charge in [0.15, 0.2) is 0 Å². The third-order valence-corrected chi connectivity index (χ3v) is 4.69. The highest BCUT2D eigenvalue weighted by molar-refractivity contribution is 7.89. The first-order valence-corrected chi connectivity index (χ1v) is 8.93. The molecule has 0 aliphatic heterocycles. The molecule has 0 spiro atoms. The Morgan fingerprint density at radius 3 is 2.26 bits per heavy atom. The molecule has 122 valence electrons. The van der Waals surface area contributed by atoms with E-state index in [4.69, 9.17) is 0 Å². The van der Waals surface area contributed by atoms with Crippen LogP contribution in [0.5, 0.6) is 0 Å². The number of carbonyl (C=O) groups is 1. The summed E-state index contributed by atoms with van der Waals surface area (Å²) < 4.78 is 26.8. The Balaban J connectivity index is 1.98. The smallest absolute Gasteiger partial charge is 0.251 e. The summed E-state index contributed by atoms with van der Waals surface area (Å²) in [5, 5.41) is 2.80. The van der Waals surface area contributed by atoms with E-state index in [0.29, 0.717) is 12.1 Å². The molecule has 0 aliphatic carbocycles. The van der Waals surface area contributed by atoms with Gasteiger partial charge in [-0.1, -0.05) is 37.3 Å². The highest BCUT2D eigenvalue weighted by atomic mass is 32.2. The fourth-order valence-electron chi connectivity index (χ4n) is 1.98. The van der Waals surface area contributed by atoms with Gasteiger partial charge < -0.3 is 5.32 Å². The molecule has 6 heteroatoms. The number of sulfonamides is 1. The van der Waals surface area contributed by atoms with E-state index >= 15 is 0 Å². The largest absolute Gasteiger partial charge is 0.352 e. The van der Waals surface area contributed by atoms with Crippen LogP contribution in [0.15, 0.2) is 59.5 Å². The van der Waals surface area contributed by atoms with Crippen molar-refractivity contribution in [3.05, 3.63) is 65.7 Å². The van der Waals surface area contributed by atoms with E-state index in [0.717, 1.165) is 12.0 Å². The summed E-state index contributed by atoms with van der Waals surface area (Å²) in [4.78, 5) is 12.0. The normalized spacial score (nSPS) is 11.2. The molecule has 5 nitrogen and oxygen atoms in total. The van der Waals surface area contributed by atoms with Gasteiger partial charge in [0.05, 0.1) is 4.90 Å². The third kappa shape index (κ3) is 4.91. The number of hydrogen-bond acceptors (Lipinski definition) is 3. The molecule has 0 aliphatic rings. The molecule has 2 aromatic rings. The van der Waals surface area contributed by atoms with Crippen LogP contribution in [-0.4, -0.2) is 20.9 Å². The van der Waals surface area contributed by atoms with Crippen molar-refractivity contribution in [3.63, 3.8) is 0 Å². The lowest BCUT2D eigenvalue weighted by atomic mass is 10.1. The third-order valence-electron chi connectivity index (χ3n) is 3.27. The zero-order valence-electron chi connectivity index (χ0n) is 13.0. The van der Waals surface area contributed by atoms with E-state index in [-0.39, 0.29) is 17.3 Å². The van der Waals surface area contributed by atoms with Crippen molar-refractivity contribution < 1.29 is 13.2 Å². The Hall–Kier alpha value is -2.18. The van der Waals surface area contributed by atoms with Gasteiger partial charge in [0.1, 0.15) is 0 Å². The minimum Gasteiger partial charge on any atom is -0.352 e. The second-order valence-electron chi connectivity index (χ2n) is 5.09. The van der Waals surface area contributed by atoms with E-state index in [1.165, 1.54) is 0 Å². The molecule has 2 aromatic carbocycles. The minimum absolute atomic E-state index is 0.122. The predicted molar refractivity (Wildman–Crippen MR) is 89.5 cm³/mol. The summed E-state index contributed by atoms with van der Waals surface area (Å²) in [6.07, 6.45) is 0.880. The number of carbonyl (C=O) groups excluding carboxylic acids is 1. The van der Waals surface area contributed by atoms with E-state index in [1.54, 1.807) is 54.6 Å². The number of benzene rings is 2. The first kappa shape index (κ1) is 17.2. The van der Waals surface area contributed by atoms with Crippen LogP contribution < -0.4 is 10.0 Å². The van der Waals surface area contributed by atoms with Crippen LogP contribution in [0, 0.1) is 0 Å². The van der Waals surface area contributed by atoms with E-state index in [9.17, 15) is 13.2 Å². The molecule has 0 bridgehead atoms. The minimum atomic E-state index is -3.53. The molecule has 1 amide bonds. The van der Waals surface area contributed by atoms with Crippen LogP contribution in [0.3, 0.4) is 0 Å². The number of amides is 1. The summed E-state index contributed by atoms with van der Waals surface area (Å²) in [7, 11) is -3.53. The van der Waals surface area contributed by atoms with Crippen molar-refractivity contribution >= 4 is 15.9 Å². The second-order valence-corrected chi connectivity index (χ2v) is 6.86. The van der Waals surface area contributed by atoms with E-state index < -0.39 is 10.0 Å². The van der Waals surface area contributed by atoms with Gasteiger partial charge in [0.2, 0.25) is 10.0 Å². The summed E-state index contributed by atoms with van der Waals surface area (Å²) in [5.74, 6) is -0.122. The number of rotatable bonds is 7. The maximum absolute atomic E-state index is 12.1. The van der Waals surface area contributed by atoms with Gasteiger partial charge in [-0.05, 0) is 36.2 Å². The monoisotopic (exact) mass is 332 g/mol. The van der Waals surface area contributed by atoms with Crippen molar-refractivity contribution in [2.45, 2.75) is 24.8 Å². The zero-order chi connectivity index (χ0) is 16.7. The van der Waals surface area contributed by atoms with Gasteiger partial charge >= 0.3 is 0 Å². The quantitative estimate of drug-likeness (QED) is 0.817. The molecule has 0 saturated carbocycles. The summed E-state index contributed by atoms with van der Waals surface area (Å²) >= 11 is 0. The van der Waals surface area contributed by atoms with E-state index in [1.807, 2.05) is 6.92 Å². The lowest BCUT2D eigenvalue weighted by Gasteiger charge is -2.08. The van der Waals surface area contributed by atoms with Gasteiger partial charge in [-0.3, -0.25) is 4.79 Å². The topological polar surface area (TPSA) is 75.3 Å². The average Bonchev–Trinajstić information content (AvgIpc) is 2.59. The molecule has 0 fully saturated rings. The molecule has 0 radical (unpaired) electrons. The van der Waals surface area contributed by atoms with Gasteiger partial charge in [-0.15, -0.1) is 0 Å². The molecule has 0 unspecified atom stereocenters. The van der Waals surface area contributed by atoms with Gasteiger partial charge in [0.25, 0.3) is 5.91 Å². The summed E-state index contributed by atoms with van der Waals surface area (Å²) in [6.45, 7) is 2.80. The molecule has 0 heterocycles. The second kappa shape index (κ2) is 7.89. The van der Waals surface area contributed by atoms with Crippen molar-refractivity contribution in [2.75, 3.05) is 6.54 Å². The zero-order valence-corrected chi connectivity index (χ0v) is 13.8. The van der Waals surface area contributed by atoms with Crippen LogP contribution >= 0.6 is 0 Å². The van der Waals surface area contributed by atoms with Crippen LogP contribution in [0.25, 0.3) is 0 Å². The molecule has 0 saturated heterocycles. The first-order chi connectivity index (χ1) is 11.0. The standard InChI is InChI=1S/C17H20N2O3S/c1-2-12-18-17(20)15-10-8-14(9-11-15)13-19-23(21,22)16-6-4-3-5-7-16/h3-11,19H,2,12-13H2,1H3,(H,18,20). The molecular weight excluding hydrogens is 312 g/mol. The Labute approximate surface area is 136 Å². The molecule has 2 rings (SSSR count). The fraction of sp³-hybridized carbons (Fsp3) is 0.235. The molecule has 23 heavy (non-hydrogen) atoms. The van der Waals surface area contributed by atoms with E-state index in [2.05, 4.69) is 10.0 Å². The lowest BCUT2D eigenvalue weighted by Crippen LogP contribution is -2.24. The van der Waals surface area contributed by atoms with Gasteiger partial charge in [-0.2, -0.15) is 0 Å². The van der Waals surface area contributed by atoms with Gasteiger partial charge in [-0.25, -0.2) is 13.1 Å². The summed E-state index contributed by atoms with van der Waals surface area (Å²) in [5.41, 5.74) is 1.35. The highest BCUT2D eigenvalue weighted by Crippen LogP contribution is 2.09. The lowest BCUT2D eigenvalue weighted by molar-refractivity contribution is 0.0953. The molecule has 0 atom stereocenters. The highest BCUT2D eigenvalue weighted by Gasteiger charge is 2.12. The van der Waals surface area contributed by atoms with Crippen molar-refractivity contribution in [1.29, 1.82) is 0 Å².